The van der Waals surface area contributed by atoms with E-state index in [9.17, 15) is 14.4 Å². The molecule has 1 aliphatic heterocycles. The zero-order valence-electron chi connectivity index (χ0n) is 17.2. The molecule has 1 aliphatic rings. The number of carbonyl (C=O) groups excluding carboxylic acids is 3. The second-order valence-corrected chi connectivity index (χ2v) is 8.23. The van der Waals surface area contributed by atoms with Crippen molar-refractivity contribution in [2.45, 2.75) is 32.7 Å². The summed E-state index contributed by atoms with van der Waals surface area (Å²) in [5, 5.41) is 6.29. The molecule has 1 atom stereocenters. The number of piperidine rings is 1. The lowest BCUT2D eigenvalue weighted by Crippen LogP contribution is -2.46. The van der Waals surface area contributed by atoms with Crippen LogP contribution in [0.2, 0.25) is 5.02 Å². The average Bonchev–Trinajstić information content (AvgIpc) is 2.73. The Morgan fingerprint density at radius 3 is 2.50 bits per heavy atom. The molecule has 1 fully saturated rings. The molecule has 0 radical (unpaired) electrons. The molecule has 7 heteroatoms. The number of anilines is 1. The fraction of sp³-hybridized carbons (Fsp3) is 0.348. The third kappa shape index (κ3) is 5.60. The van der Waals surface area contributed by atoms with Crippen molar-refractivity contribution in [3.8, 4) is 0 Å². The van der Waals surface area contributed by atoms with Gasteiger partial charge in [0.2, 0.25) is 5.91 Å². The van der Waals surface area contributed by atoms with Crippen molar-refractivity contribution in [1.29, 1.82) is 0 Å². The van der Waals surface area contributed by atoms with Gasteiger partial charge in [0, 0.05) is 41.0 Å². The van der Waals surface area contributed by atoms with Gasteiger partial charge in [-0.15, -0.1) is 0 Å². The summed E-state index contributed by atoms with van der Waals surface area (Å²) in [6.07, 6.45) is 1.56. The van der Waals surface area contributed by atoms with Crippen LogP contribution in [0.5, 0.6) is 0 Å². The van der Waals surface area contributed by atoms with Gasteiger partial charge in [-0.1, -0.05) is 17.7 Å². The second kappa shape index (κ2) is 9.76. The summed E-state index contributed by atoms with van der Waals surface area (Å²) in [5.41, 5.74) is 1.49. The van der Waals surface area contributed by atoms with Gasteiger partial charge < -0.3 is 15.5 Å². The summed E-state index contributed by atoms with van der Waals surface area (Å²) in [6, 6.07) is 13.5. The van der Waals surface area contributed by atoms with Crippen LogP contribution >= 0.6 is 11.6 Å². The average molecular weight is 428 g/mol. The lowest BCUT2D eigenvalue weighted by atomic mass is 9.96. The van der Waals surface area contributed by atoms with E-state index >= 15 is 0 Å². The van der Waals surface area contributed by atoms with Gasteiger partial charge in [-0.25, -0.2) is 0 Å². The lowest BCUT2D eigenvalue weighted by Gasteiger charge is -2.32. The maximum Gasteiger partial charge on any atom is 0.255 e. The second-order valence-electron chi connectivity index (χ2n) is 7.80. The normalized spacial score (nSPS) is 16.3. The maximum atomic E-state index is 13.0. The van der Waals surface area contributed by atoms with Crippen LogP contribution < -0.4 is 10.6 Å². The predicted molar refractivity (Wildman–Crippen MR) is 118 cm³/mol. The minimum atomic E-state index is -0.278. The molecular weight excluding hydrogens is 402 g/mol. The van der Waals surface area contributed by atoms with Gasteiger partial charge in [-0.2, -0.15) is 0 Å². The standard InChI is InChI=1S/C23H26ClN3O3/c1-15(2)25-22(29)18-6-4-12-27(14-18)23(30)17-5-3-7-20(13-17)26-21(28)16-8-10-19(24)11-9-16/h3,5,7-11,13,15,18H,4,6,12,14H2,1-2H3,(H,25,29)(H,26,28). The molecule has 158 valence electrons. The Hall–Kier alpha value is -2.86. The number of halogens is 1. The number of amides is 3. The van der Waals surface area contributed by atoms with E-state index in [4.69, 9.17) is 11.6 Å². The number of benzene rings is 2. The first-order chi connectivity index (χ1) is 14.3. The molecule has 30 heavy (non-hydrogen) atoms. The highest BCUT2D eigenvalue weighted by atomic mass is 35.5. The van der Waals surface area contributed by atoms with E-state index in [1.807, 2.05) is 13.8 Å². The van der Waals surface area contributed by atoms with Crippen LogP contribution in [0.4, 0.5) is 5.69 Å². The Bertz CT molecular complexity index is 928. The quantitative estimate of drug-likeness (QED) is 0.757. The molecule has 0 aromatic heterocycles. The van der Waals surface area contributed by atoms with E-state index < -0.39 is 0 Å². The first-order valence-corrected chi connectivity index (χ1v) is 10.5. The first kappa shape index (κ1) is 21.8. The van der Waals surface area contributed by atoms with E-state index in [1.165, 1.54) is 0 Å². The SMILES string of the molecule is CC(C)NC(=O)C1CCCN(C(=O)c2cccc(NC(=O)c3ccc(Cl)cc3)c2)C1. The predicted octanol–water partition coefficient (Wildman–Crippen LogP) is 3.97. The number of likely N-dealkylation sites (tertiary alicyclic amines) is 1. The van der Waals surface area contributed by atoms with Gasteiger partial charge >= 0.3 is 0 Å². The maximum absolute atomic E-state index is 13.0. The summed E-state index contributed by atoms with van der Waals surface area (Å²) < 4.78 is 0. The van der Waals surface area contributed by atoms with E-state index in [0.717, 1.165) is 12.8 Å². The van der Waals surface area contributed by atoms with Gasteiger partial charge in [0.1, 0.15) is 0 Å². The monoisotopic (exact) mass is 427 g/mol. The minimum Gasteiger partial charge on any atom is -0.354 e. The zero-order valence-corrected chi connectivity index (χ0v) is 17.9. The fourth-order valence-electron chi connectivity index (χ4n) is 3.50. The van der Waals surface area contributed by atoms with Gasteiger partial charge in [0.25, 0.3) is 11.8 Å². The van der Waals surface area contributed by atoms with Crippen LogP contribution in [0.25, 0.3) is 0 Å². The number of hydrogen-bond donors (Lipinski definition) is 2. The van der Waals surface area contributed by atoms with E-state index in [2.05, 4.69) is 10.6 Å². The lowest BCUT2D eigenvalue weighted by molar-refractivity contribution is -0.126. The molecule has 1 heterocycles. The van der Waals surface area contributed by atoms with Crippen molar-refractivity contribution < 1.29 is 14.4 Å². The van der Waals surface area contributed by atoms with Crippen molar-refractivity contribution in [2.24, 2.45) is 5.92 Å². The highest BCUT2D eigenvalue weighted by molar-refractivity contribution is 6.30. The third-order valence-electron chi connectivity index (χ3n) is 4.98. The van der Waals surface area contributed by atoms with Gasteiger partial charge in [0.15, 0.2) is 0 Å². The topological polar surface area (TPSA) is 78.5 Å². The number of rotatable bonds is 5. The van der Waals surface area contributed by atoms with Crippen LogP contribution in [-0.2, 0) is 4.79 Å². The van der Waals surface area contributed by atoms with Gasteiger partial charge in [0.05, 0.1) is 5.92 Å². The van der Waals surface area contributed by atoms with E-state index in [1.54, 1.807) is 53.4 Å². The summed E-state index contributed by atoms with van der Waals surface area (Å²) >= 11 is 5.86. The molecule has 0 spiro atoms. The van der Waals surface area contributed by atoms with Crippen molar-refractivity contribution in [3.05, 3.63) is 64.7 Å². The Morgan fingerprint density at radius 1 is 1.07 bits per heavy atom. The summed E-state index contributed by atoms with van der Waals surface area (Å²) in [7, 11) is 0. The highest BCUT2D eigenvalue weighted by Crippen LogP contribution is 2.21. The number of carbonyl (C=O) groups is 3. The van der Waals surface area contributed by atoms with Gasteiger partial charge in [-0.3, -0.25) is 14.4 Å². The zero-order chi connectivity index (χ0) is 21.7. The van der Waals surface area contributed by atoms with Crippen LogP contribution in [0.15, 0.2) is 48.5 Å². The molecule has 6 nitrogen and oxygen atoms in total. The first-order valence-electron chi connectivity index (χ1n) is 10.1. The van der Waals surface area contributed by atoms with Gasteiger partial charge in [-0.05, 0) is 69.2 Å². The molecule has 0 saturated carbocycles. The Balaban J connectivity index is 1.67. The molecule has 2 aromatic rings. The van der Waals surface area contributed by atoms with Crippen LogP contribution in [0.3, 0.4) is 0 Å². The van der Waals surface area contributed by atoms with E-state index in [0.29, 0.717) is 34.9 Å². The molecular formula is C23H26ClN3O3. The fourth-order valence-corrected chi connectivity index (χ4v) is 3.62. The number of nitrogens with one attached hydrogen (secondary N) is 2. The summed E-state index contributed by atoms with van der Waals surface area (Å²) in [5.74, 6) is -0.622. The van der Waals surface area contributed by atoms with Crippen LogP contribution in [0, 0.1) is 5.92 Å². The largest absolute Gasteiger partial charge is 0.354 e. The minimum absolute atomic E-state index is 0.00789. The van der Waals surface area contributed by atoms with E-state index in [-0.39, 0.29) is 29.7 Å². The van der Waals surface area contributed by atoms with Crippen molar-refractivity contribution in [2.75, 3.05) is 18.4 Å². The molecule has 3 amide bonds. The smallest absolute Gasteiger partial charge is 0.255 e. The third-order valence-corrected chi connectivity index (χ3v) is 5.24. The van der Waals surface area contributed by atoms with Crippen molar-refractivity contribution in [3.63, 3.8) is 0 Å². The highest BCUT2D eigenvalue weighted by Gasteiger charge is 2.29. The van der Waals surface area contributed by atoms with Crippen molar-refractivity contribution >= 4 is 35.0 Å². The molecule has 0 bridgehead atoms. The molecule has 3 rings (SSSR count). The summed E-state index contributed by atoms with van der Waals surface area (Å²) in [4.78, 5) is 39.5. The Kier molecular flexibility index (Phi) is 7.11. The molecule has 2 aromatic carbocycles. The molecule has 1 unspecified atom stereocenters. The number of hydrogen-bond acceptors (Lipinski definition) is 3. The van der Waals surface area contributed by atoms with Crippen molar-refractivity contribution in [1.82, 2.24) is 10.2 Å². The Morgan fingerprint density at radius 2 is 1.80 bits per heavy atom. The van der Waals surface area contributed by atoms with Crippen LogP contribution in [0.1, 0.15) is 47.4 Å². The summed E-state index contributed by atoms with van der Waals surface area (Å²) in [6.45, 7) is 4.87. The molecule has 0 aliphatic carbocycles. The Labute approximate surface area is 181 Å². The number of nitrogens with zero attached hydrogens (tertiary/aromatic N) is 1. The molecule has 1 saturated heterocycles. The molecule has 2 N–H and O–H groups in total. The van der Waals surface area contributed by atoms with Crippen LogP contribution in [-0.4, -0.2) is 41.8 Å².